The van der Waals surface area contributed by atoms with Crippen molar-refractivity contribution < 1.29 is 28.9 Å². The van der Waals surface area contributed by atoms with Gasteiger partial charge in [0.15, 0.2) is 24.1 Å². The molecule has 0 aliphatic carbocycles. The van der Waals surface area contributed by atoms with E-state index in [2.05, 4.69) is 19.8 Å². The summed E-state index contributed by atoms with van der Waals surface area (Å²) in [7, 11) is 0. The molecule has 12 nitrogen and oxygen atoms in total. The van der Waals surface area contributed by atoms with E-state index in [9.17, 15) is 19.5 Å². The number of nitrogens with one attached hydrogen (secondary N) is 1. The third-order valence-corrected chi connectivity index (χ3v) is 7.76. The van der Waals surface area contributed by atoms with Crippen LogP contribution in [-0.2, 0) is 25.8 Å². The van der Waals surface area contributed by atoms with Crippen LogP contribution in [0.4, 0.5) is 5.13 Å². The number of anilines is 1. The lowest BCUT2D eigenvalue weighted by Gasteiger charge is -2.49. The number of β-lactam (4-membered cyclic amide) rings is 1. The molecule has 196 valence electrons. The maximum Gasteiger partial charge on any atom is 0.352 e. The van der Waals surface area contributed by atoms with Crippen molar-refractivity contribution in [2.24, 2.45) is 5.16 Å². The first-order valence-corrected chi connectivity index (χ1v) is 13.5. The van der Waals surface area contributed by atoms with Crippen molar-refractivity contribution in [1.29, 1.82) is 0 Å². The van der Waals surface area contributed by atoms with Crippen molar-refractivity contribution >= 4 is 62.7 Å². The monoisotopic (exact) mass is 554 g/mol. The highest BCUT2D eigenvalue weighted by atomic mass is 32.2. The molecule has 1 aromatic carbocycles. The van der Waals surface area contributed by atoms with E-state index in [4.69, 9.17) is 10.6 Å². The summed E-state index contributed by atoms with van der Waals surface area (Å²) in [6, 6.07) is 8.89. The predicted octanol–water partition coefficient (Wildman–Crippen LogP) is 1.13. The Morgan fingerprint density at radius 2 is 2.08 bits per heavy atom. The van der Waals surface area contributed by atoms with Crippen molar-refractivity contribution in [3.8, 4) is 0 Å². The first-order valence-electron chi connectivity index (χ1n) is 11.6. The van der Waals surface area contributed by atoms with Gasteiger partial charge in [0.05, 0.1) is 0 Å². The summed E-state index contributed by atoms with van der Waals surface area (Å²) in [5.74, 6) is -2.08. The molecule has 2 aliphatic heterocycles. The van der Waals surface area contributed by atoms with E-state index in [-0.39, 0.29) is 28.5 Å². The minimum atomic E-state index is -1.19. The van der Waals surface area contributed by atoms with E-state index in [0.29, 0.717) is 17.9 Å². The van der Waals surface area contributed by atoms with Gasteiger partial charge in [0.1, 0.15) is 23.2 Å². The lowest BCUT2D eigenvalue weighted by atomic mass is 10.0. The number of rotatable bonds is 8. The molecule has 3 aromatic rings. The second kappa shape index (κ2) is 10.4. The number of nitrogens with two attached hydrogens (primary N) is 1. The zero-order valence-corrected chi connectivity index (χ0v) is 22.0. The van der Waals surface area contributed by atoms with Crippen molar-refractivity contribution in [2.75, 3.05) is 11.5 Å². The van der Waals surface area contributed by atoms with Crippen LogP contribution in [0.15, 0.2) is 59.2 Å². The number of oxime groups is 1. The van der Waals surface area contributed by atoms with E-state index < -0.39 is 29.2 Å². The van der Waals surface area contributed by atoms with Gasteiger partial charge in [-0.05, 0) is 25.3 Å². The lowest BCUT2D eigenvalue weighted by Crippen LogP contribution is -2.71. The Hall–Kier alpha value is -4.04. The van der Waals surface area contributed by atoms with Gasteiger partial charge in [0, 0.05) is 34.3 Å². The molecule has 0 saturated carbocycles. The zero-order chi connectivity index (χ0) is 27.0. The number of aromatic nitrogens is 3. The Labute approximate surface area is 225 Å². The summed E-state index contributed by atoms with van der Waals surface area (Å²) in [6.45, 7) is 3.79. The van der Waals surface area contributed by atoms with Gasteiger partial charge in [-0.3, -0.25) is 14.5 Å². The molecule has 1 saturated heterocycles. The van der Waals surface area contributed by atoms with Crippen LogP contribution in [-0.4, -0.2) is 66.1 Å². The van der Waals surface area contributed by atoms with Gasteiger partial charge in [0.25, 0.3) is 11.8 Å². The topological polar surface area (TPSA) is 164 Å². The maximum absolute atomic E-state index is 13.1. The summed E-state index contributed by atoms with van der Waals surface area (Å²) in [4.78, 5) is 48.9. The minimum absolute atomic E-state index is 0.0219. The Balaban J connectivity index is 1.36. The van der Waals surface area contributed by atoms with E-state index in [1.165, 1.54) is 16.7 Å². The van der Waals surface area contributed by atoms with Crippen molar-refractivity contribution in [2.45, 2.75) is 37.9 Å². The molecule has 2 aliphatic rings. The summed E-state index contributed by atoms with van der Waals surface area (Å²) < 4.78 is 5.91. The van der Waals surface area contributed by atoms with Crippen LogP contribution in [0, 0.1) is 0 Å². The summed E-state index contributed by atoms with van der Waals surface area (Å²) in [6.07, 6.45) is 3.51. The number of pyridine rings is 1. The molecular formula is C24H24N7O5S2+. The standard InChI is InChI=1S/C24H23N7O5S2/c1-12(2)36-28-16(19-27-24(25)38-29-19)20(32)26-17-21(33)31-18(23(34)35)15(11-37-22(17)31)10-30-8-7-13-5-3-4-6-14(13)9-30/h3-9,12,17,22H,10-11H2,1-2H3,(H3-,25,26,27,29,32,34,35)/p+1/b28-16+/t17?,22-/m1/s1. The molecule has 0 radical (unpaired) electrons. The van der Waals surface area contributed by atoms with Gasteiger partial charge in [0.2, 0.25) is 11.5 Å². The summed E-state index contributed by atoms with van der Waals surface area (Å²) in [5.41, 5.74) is 5.97. The first-order chi connectivity index (χ1) is 18.2. The highest BCUT2D eigenvalue weighted by Gasteiger charge is 2.54. The Bertz CT molecular complexity index is 1500. The van der Waals surface area contributed by atoms with E-state index in [1.807, 2.05) is 47.3 Å². The van der Waals surface area contributed by atoms with Crippen molar-refractivity contribution in [3.63, 3.8) is 0 Å². The molecule has 5 rings (SSSR count). The molecule has 4 heterocycles. The van der Waals surface area contributed by atoms with Gasteiger partial charge >= 0.3 is 5.97 Å². The number of nitrogen functional groups attached to an aromatic ring is 1. The third kappa shape index (κ3) is 4.91. The molecule has 1 fully saturated rings. The second-order valence-corrected chi connectivity index (χ2v) is 10.8. The largest absolute Gasteiger partial charge is 0.477 e. The van der Waals surface area contributed by atoms with Gasteiger partial charge in [-0.15, -0.1) is 11.8 Å². The fourth-order valence-corrected chi connectivity index (χ4v) is 5.95. The molecule has 2 atom stereocenters. The van der Waals surface area contributed by atoms with Crippen LogP contribution in [0.1, 0.15) is 19.7 Å². The number of hydrogen-bond acceptors (Lipinski definition) is 10. The number of hydrogen-bond donors (Lipinski definition) is 3. The number of carbonyl (C=O) groups is 3. The number of amides is 2. The normalized spacial score (nSPS) is 19.4. The first kappa shape index (κ1) is 25.6. The van der Waals surface area contributed by atoms with Gasteiger partial charge in [-0.25, -0.2) is 9.36 Å². The summed E-state index contributed by atoms with van der Waals surface area (Å²) >= 11 is 2.28. The number of aliphatic carboxylic acids is 1. The highest BCUT2D eigenvalue weighted by Crippen LogP contribution is 2.40. The SMILES string of the molecule is CC(C)O/N=C(/C(=O)NC1C(=O)N2C(C(=O)O)=C(C[n+]3ccc4ccccc4c3)CS[C@H]12)c1nsc(N)n1. The minimum Gasteiger partial charge on any atom is -0.477 e. The molecular weight excluding hydrogens is 530 g/mol. The number of benzene rings is 1. The second-order valence-electron chi connectivity index (χ2n) is 8.91. The molecule has 2 aromatic heterocycles. The zero-order valence-electron chi connectivity index (χ0n) is 20.4. The fourth-order valence-electron chi connectivity index (χ4n) is 4.18. The number of carboxylic acid groups (broad SMARTS) is 1. The molecule has 0 bridgehead atoms. The average molecular weight is 555 g/mol. The molecule has 38 heavy (non-hydrogen) atoms. The fraction of sp³-hybridized carbons (Fsp3) is 0.292. The number of fused-ring (bicyclic) bond motifs is 2. The lowest BCUT2D eigenvalue weighted by molar-refractivity contribution is -0.687. The van der Waals surface area contributed by atoms with Gasteiger partial charge in [-0.1, -0.05) is 23.4 Å². The maximum atomic E-state index is 13.1. The number of carboxylic acids is 1. The quantitative estimate of drug-likeness (QED) is 0.160. The third-order valence-electron chi connectivity index (χ3n) is 5.88. The molecule has 14 heteroatoms. The van der Waals surface area contributed by atoms with Gasteiger partial charge in [-0.2, -0.15) is 9.36 Å². The van der Waals surface area contributed by atoms with Crippen molar-refractivity contribution in [3.05, 3.63) is 59.8 Å². The Kier molecular flexibility index (Phi) is 6.99. The van der Waals surface area contributed by atoms with Gasteiger partial charge < -0.3 is 21.0 Å². The smallest absolute Gasteiger partial charge is 0.352 e. The molecule has 4 N–H and O–H groups in total. The van der Waals surface area contributed by atoms with Crippen LogP contribution >= 0.6 is 23.3 Å². The molecule has 2 amide bonds. The highest BCUT2D eigenvalue weighted by molar-refractivity contribution is 8.00. The number of nitrogens with zero attached hydrogens (tertiary/aromatic N) is 5. The van der Waals surface area contributed by atoms with Crippen LogP contribution in [0.5, 0.6) is 0 Å². The summed E-state index contributed by atoms with van der Waals surface area (Å²) in [5, 5.41) is 18.2. The predicted molar refractivity (Wildman–Crippen MR) is 141 cm³/mol. The van der Waals surface area contributed by atoms with E-state index in [0.717, 1.165) is 22.3 Å². The number of thioether (sulfide) groups is 1. The molecule has 0 spiro atoms. The van der Waals surface area contributed by atoms with Crippen LogP contribution in [0.3, 0.4) is 0 Å². The van der Waals surface area contributed by atoms with E-state index in [1.54, 1.807) is 13.8 Å². The van der Waals surface area contributed by atoms with E-state index >= 15 is 0 Å². The van der Waals surface area contributed by atoms with Crippen LogP contribution in [0.2, 0.25) is 0 Å². The van der Waals surface area contributed by atoms with Crippen LogP contribution < -0.4 is 15.6 Å². The number of carbonyl (C=O) groups excluding carboxylic acids is 2. The van der Waals surface area contributed by atoms with Crippen molar-refractivity contribution in [1.82, 2.24) is 19.6 Å². The average Bonchev–Trinajstić information content (AvgIpc) is 3.32. The molecule has 1 unspecified atom stereocenters. The van der Waals surface area contributed by atoms with Crippen LogP contribution in [0.25, 0.3) is 10.8 Å². The Morgan fingerprint density at radius 1 is 1.32 bits per heavy atom. The Morgan fingerprint density at radius 3 is 2.76 bits per heavy atom.